The molecule has 1 unspecified atom stereocenters. The predicted octanol–water partition coefficient (Wildman–Crippen LogP) is 3.50. The van der Waals surface area contributed by atoms with E-state index in [4.69, 9.17) is 4.74 Å². The molecule has 7 heteroatoms. The standard InChI is InChI=1S/C20H23N3O3S/c1-3-5-17(21-2)20(25)22-13-6-4-7-14(10-13)27-15-8-9-16-18(11-15)26-12-19(24)23-16/h4,6-11,17,21H,3,5,12H2,1-2H3,(H,22,25)(H,23,24). The van der Waals surface area contributed by atoms with Crippen molar-refractivity contribution in [3.05, 3.63) is 42.5 Å². The van der Waals surface area contributed by atoms with Gasteiger partial charge in [-0.3, -0.25) is 9.59 Å². The molecule has 1 heterocycles. The lowest BCUT2D eigenvalue weighted by atomic mass is 10.1. The van der Waals surface area contributed by atoms with E-state index >= 15 is 0 Å². The van der Waals surface area contributed by atoms with Gasteiger partial charge in [0.15, 0.2) is 6.61 Å². The normalized spacial score (nSPS) is 13.9. The second-order valence-electron chi connectivity index (χ2n) is 6.24. The maximum atomic E-state index is 12.4. The van der Waals surface area contributed by atoms with E-state index in [0.29, 0.717) is 11.4 Å². The van der Waals surface area contributed by atoms with E-state index in [-0.39, 0.29) is 24.5 Å². The van der Waals surface area contributed by atoms with Gasteiger partial charge in [-0.25, -0.2) is 0 Å². The van der Waals surface area contributed by atoms with E-state index < -0.39 is 0 Å². The SMILES string of the molecule is CCCC(NC)C(=O)Nc1cccc(Sc2ccc3c(c2)OCC(=O)N3)c1. The molecule has 0 radical (unpaired) electrons. The van der Waals surface area contributed by atoms with Gasteiger partial charge in [0.1, 0.15) is 5.75 Å². The fourth-order valence-corrected chi connectivity index (χ4v) is 3.72. The van der Waals surface area contributed by atoms with Gasteiger partial charge in [-0.2, -0.15) is 0 Å². The van der Waals surface area contributed by atoms with Gasteiger partial charge in [0, 0.05) is 15.5 Å². The van der Waals surface area contributed by atoms with Gasteiger partial charge in [0.05, 0.1) is 11.7 Å². The van der Waals surface area contributed by atoms with Gasteiger partial charge in [-0.15, -0.1) is 0 Å². The summed E-state index contributed by atoms with van der Waals surface area (Å²) in [4.78, 5) is 25.7. The van der Waals surface area contributed by atoms with Crippen molar-refractivity contribution in [2.45, 2.75) is 35.6 Å². The van der Waals surface area contributed by atoms with Crippen molar-refractivity contribution in [1.82, 2.24) is 5.32 Å². The number of anilines is 2. The van der Waals surface area contributed by atoms with Gasteiger partial charge in [-0.05, 0) is 49.9 Å². The zero-order valence-electron chi connectivity index (χ0n) is 15.4. The van der Waals surface area contributed by atoms with Crippen LogP contribution in [0.15, 0.2) is 52.3 Å². The molecule has 2 aromatic rings. The number of carbonyl (C=O) groups is 2. The molecular weight excluding hydrogens is 362 g/mol. The summed E-state index contributed by atoms with van der Waals surface area (Å²) in [5.41, 5.74) is 1.45. The molecule has 3 rings (SSSR count). The zero-order chi connectivity index (χ0) is 19.2. The Kier molecular flexibility index (Phi) is 6.36. The number of amides is 2. The summed E-state index contributed by atoms with van der Waals surface area (Å²) in [6.07, 6.45) is 1.73. The Morgan fingerprint density at radius 3 is 2.85 bits per heavy atom. The highest BCUT2D eigenvalue weighted by Gasteiger charge is 2.17. The lowest BCUT2D eigenvalue weighted by molar-refractivity contribution is -0.119. The predicted molar refractivity (Wildman–Crippen MR) is 108 cm³/mol. The van der Waals surface area contributed by atoms with Crippen LogP contribution in [0, 0.1) is 0 Å². The maximum Gasteiger partial charge on any atom is 0.262 e. The minimum atomic E-state index is -0.195. The van der Waals surface area contributed by atoms with E-state index in [1.165, 1.54) is 0 Å². The number of nitrogens with one attached hydrogen (secondary N) is 3. The monoisotopic (exact) mass is 385 g/mol. The summed E-state index contributed by atoms with van der Waals surface area (Å²) < 4.78 is 5.46. The Morgan fingerprint density at radius 1 is 1.26 bits per heavy atom. The van der Waals surface area contributed by atoms with Crippen LogP contribution in [0.25, 0.3) is 0 Å². The average Bonchev–Trinajstić information content (AvgIpc) is 2.66. The lowest BCUT2D eigenvalue weighted by Crippen LogP contribution is -2.38. The molecule has 2 amide bonds. The number of ether oxygens (including phenoxy) is 1. The Hall–Kier alpha value is -2.51. The molecule has 0 bridgehead atoms. The molecular formula is C20H23N3O3S. The lowest BCUT2D eigenvalue weighted by Gasteiger charge is -2.18. The molecule has 0 fully saturated rings. The van der Waals surface area contributed by atoms with Crippen molar-refractivity contribution in [1.29, 1.82) is 0 Å². The van der Waals surface area contributed by atoms with E-state index in [2.05, 4.69) is 22.9 Å². The summed E-state index contributed by atoms with van der Waals surface area (Å²) >= 11 is 1.57. The zero-order valence-corrected chi connectivity index (χ0v) is 16.2. The summed E-state index contributed by atoms with van der Waals surface area (Å²) in [5.74, 6) is 0.495. The minimum absolute atomic E-state index is 0.0283. The van der Waals surface area contributed by atoms with Crippen LogP contribution in [0.5, 0.6) is 5.75 Å². The molecule has 1 aliphatic rings. The van der Waals surface area contributed by atoms with Crippen LogP contribution in [0.2, 0.25) is 0 Å². The molecule has 0 spiro atoms. The molecule has 2 aromatic carbocycles. The van der Waals surface area contributed by atoms with E-state index in [1.807, 2.05) is 42.5 Å². The number of hydrogen-bond donors (Lipinski definition) is 3. The number of benzene rings is 2. The molecule has 0 aliphatic carbocycles. The van der Waals surface area contributed by atoms with Crippen LogP contribution in [0.1, 0.15) is 19.8 Å². The second-order valence-corrected chi connectivity index (χ2v) is 7.39. The Bertz CT molecular complexity index is 841. The topological polar surface area (TPSA) is 79.5 Å². The number of fused-ring (bicyclic) bond motifs is 1. The number of likely N-dealkylation sites (N-methyl/N-ethyl adjacent to an activating group) is 1. The highest BCUT2D eigenvalue weighted by atomic mass is 32.2. The van der Waals surface area contributed by atoms with Crippen molar-refractivity contribution < 1.29 is 14.3 Å². The highest BCUT2D eigenvalue weighted by Crippen LogP contribution is 2.36. The van der Waals surface area contributed by atoms with Gasteiger partial charge in [0.2, 0.25) is 5.91 Å². The van der Waals surface area contributed by atoms with Crippen LogP contribution in [-0.2, 0) is 9.59 Å². The van der Waals surface area contributed by atoms with Crippen molar-refractivity contribution >= 4 is 35.0 Å². The highest BCUT2D eigenvalue weighted by molar-refractivity contribution is 7.99. The summed E-state index contributed by atoms with van der Waals surface area (Å²) in [5, 5.41) is 8.80. The molecule has 0 saturated heterocycles. The fourth-order valence-electron chi connectivity index (χ4n) is 2.82. The van der Waals surface area contributed by atoms with E-state index in [1.54, 1.807) is 18.8 Å². The van der Waals surface area contributed by atoms with Crippen LogP contribution < -0.4 is 20.7 Å². The third-order valence-corrected chi connectivity index (χ3v) is 5.14. The van der Waals surface area contributed by atoms with Crippen LogP contribution in [0.4, 0.5) is 11.4 Å². The van der Waals surface area contributed by atoms with Crippen molar-refractivity contribution in [2.24, 2.45) is 0 Å². The Labute approximate surface area is 163 Å². The van der Waals surface area contributed by atoms with Crippen LogP contribution in [-0.4, -0.2) is 31.5 Å². The largest absolute Gasteiger partial charge is 0.482 e. The molecule has 0 aromatic heterocycles. The van der Waals surface area contributed by atoms with Crippen LogP contribution >= 0.6 is 11.8 Å². The Balaban J connectivity index is 1.69. The van der Waals surface area contributed by atoms with Gasteiger partial charge < -0.3 is 20.7 Å². The van der Waals surface area contributed by atoms with Gasteiger partial charge in [0.25, 0.3) is 5.91 Å². The average molecular weight is 385 g/mol. The van der Waals surface area contributed by atoms with Gasteiger partial charge >= 0.3 is 0 Å². The minimum Gasteiger partial charge on any atom is -0.482 e. The first-order valence-electron chi connectivity index (χ1n) is 8.91. The molecule has 142 valence electrons. The quantitative estimate of drug-likeness (QED) is 0.680. The first-order chi connectivity index (χ1) is 13.1. The summed E-state index contributed by atoms with van der Waals surface area (Å²) in [7, 11) is 1.80. The van der Waals surface area contributed by atoms with Gasteiger partial charge in [-0.1, -0.05) is 31.2 Å². The van der Waals surface area contributed by atoms with E-state index in [0.717, 1.165) is 28.3 Å². The summed E-state index contributed by atoms with van der Waals surface area (Å²) in [6, 6.07) is 13.2. The third-order valence-electron chi connectivity index (χ3n) is 4.17. The van der Waals surface area contributed by atoms with Crippen molar-refractivity contribution in [2.75, 3.05) is 24.3 Å². The fraction of sp³-hybridized carbons (Fsp3) is 0.300. The molecule has 3 N–H and O–H groups in total. The Morgan fingerprint density at radius 2 is 2.07 bits per heavy atom. The third kappa shape index (κ3) is 5.02. The van der Waals surface area contributed by atoms with Crippen molar-refractivity contribution in [3.63, 3.8) is 0 Å². The first kappa shape index (κ1) is 19.3. The summed E-state index contributed by atoms with van der Waals surface area (Å²) in [6.45, 7) is 2.09. The number of carbonyl (C=O) groups excluding carboxylic acids is 2. The van der Waals surface area contributed by atoms with Crippen molar-refractivity contribution in [3.8, 4) is 5.75 Å². The van der Waals surface area contributed by atoms with Crippen LogP contribution in [0.3, 0.4) is 0 Å². The molecule has 27 heavy (non-hydrogen) atoms. The number of rotatable bonds is 7. The molecule has 1 atom stereocenters. The molecule has 6 nitrogen and oxygen atoms in total. The molecule has 0 saturated carbocycles. The number of hydrogen-bond acceptors (Lipinski definition) is 5. The maximum absolute atomic E-state index is 12.4. The smallest absolute Gasteiger partial charge is 0.262 e. The molecule has 1 aliphatic heterocycles. The second kappa shape index (κ2) is 8.92. The first-order valence-corrected chi connectivity index (χ1v) is 9.73. The van der Waals surface area contributed by atoms with E-state index in [9.17, 15) is 9.59 Å².